The van der Waals surface area contributed by atoms with Gasteiger partial charge in [0.05, 0.1) is 26.4 Å². The molecule has 0 aliphatic heterocycles. The maximum Gasteiger partial charge on any atom is 0.292 e. The van der Waals surface area contributed by atoms with Gasteiger partial charge in [0.1, 0.15) is 0 Å². The number of aliphatic hydroxyl groups excluding tert-OH is 1. The second kappa shape index (κ2) is 22.7. The fourth-order valence-electron chi connectivity index (χ4n) is 5.13. The van der Waals surface area contributed by atoms with E-state index in [4.69, 9.17) is 14.6 Å². The molecule has 0 unspecified atom stereocenters. The summed E-state index contributed by atoms with van der Waals surface area (Å²) in [5, 5.41) is 11.4. The lowest BCUT2D eigenvalue weighted by molar-refractivity contribution is -0.126. The van der Waals surface area contributed by atoms with E-state index >= 15 is 0 Å². The fourth-order valence-corrected chi connectivity index (χ4v) is 5.13. The van der Waals surface area contributed by atoms with Crippen LogP contribution in [0, 0.1) is 0 Å². The highest BCUT2D eigenvalue weighted by molar-refractivity contribution is 5.87. The van der Waals surface area contributed by atoms with Gasteiger partial charge < -0.3 is 19.9 Å². The van der Waals surface area contributed by atoms with Crippen LogP contribution in [-0.2, 0) is 32.2 Å². The van der Waals surface area contributed by atoms with Crippen LogP contribution in [0.1, 0.15) is 76.8 Å². The topological polar surface area (TPSA) is 88.1 Å². The van der Waals surface area contributed by atoms with E-state index in [-0.39, 0.29) is 13.9 Å². The summed E-state index contributed by atoms with van der Waals surface area (Å²) in [4.78, 5) is 22.6. The van der Waals surface area contributed by atoms with Crippen LogP contribution in [0.5, 0.6) is 0 Å². The summed E-state index contributed by atoms with van der Waals surface area (Å²) in [6.45, 7) is 4.08. The molecule has 0 saturated heterocycles. The third-order valence-corrected chi connectivity index (χ3v) is 7.23. The van der Waals surface area contributed by atoms with E-state index < -0.39 is 0 Å². The summed E-state index contributed by atoms with van der Waals surface area (Å²) in [6, 6.07) is 21.8. The van der Waals surface area contributed by atoms with Crippen molar-refractivity contribution in [2.75, 3.05) is 26.9 Å². The van der Waals surface area contributed by atoms with Gasteiger partial charge in [-0.05, 0) is 36.8 Å². The molecule has 0 spiro atoms. The van der Waals surface area contributed by atoms with E-state index in [0.29, 0.717) is 18.6 Å². The lowest BCUT2D eigenvalue weighted by Gasteiger charge is -2.26. The standard InChI is InChI=1S/C22H29NO.C10H17NO2.C2H4O2.H2/c1-4-10-20(11-5-1)18-23(19-21-12-6-2-7-13-21)16-17-24-22-14-8-3-9-15-22;12-8-4-7-10(13)11-9-5-2-1-3-6-9;1-4-2-3;/h1-2,4-7,10-13,22H,3,8-9,14-19H2;4,7,9,12H,1-3,5-6,8H2,(H,11,13);2H,1H3;1H/b;7-4+;;. The van der Waals surface area contributed by atoms with E-state index in [1.165, 1.54) is 81.8 Å². The Balaban J connectivity index is 0.000000414. The summed E-state index contributed by atoms with van der Waals surface area (Å²) < 4.78 is 10.0. The van der Waals surface area contributed by atoms with Crippen molar-refractivity contribution in [3.63, 3.8) is 0 Å². The van der Waals surface area contributed by atoms with Crippen molar-refractivity contribution in [3.8, 4) is 0 Å². The van der Waals surface area contributed by atoms with Crippen molar-refractivity contribution in [2.24, 2.45) is 0 Å². The predicted molar refractivity (Wildman–Crippen MR) is 166 cm³/mol. The quantitative estimate of drug-likeness (QED) is 0.239. The molecule has 228 valence electrons. The molecule has 0 radical (unpaired) electrons. The van der Waals surface area contributed by atoms with E-state index in [2.05, 4.69) is 75.6 Å². The number of carbonyl (C=O) groups is 2. The zero-order valence-corrected chi connectivity index (χ0v) is 24.8. The van der Waals surface area contributed by atoms with Crippen LogP contribution < -0.4 is 5.32 Å². The third-order valence-electron chi connectivity index (χ3n) is 7.23. The number of hydrogen-bond donors (Lipinski definition) is 2. The average molecular weight is 569 g/mol. The first-order valence-corrected chi connectivity index (χ1v) is 15.1. The largest absolute Gasteiger partial charge is 0.471 e. The average Bonchev–Trinajstić information content (AvgIpc) is 3.02. The van der Waals surface area contributed by atoms with E-state index in [1.807, 2.05) is 0 Å². The third kappa shape index (κ3) is 16.8. The summed E-state index contributed by atoms with van der Waals surface area (Å²) in [5.74, 6) is -0.0825. The Labute approximate surface area is 248 Å². The van der Waals surface area contributed by atoms with Gasteiger partial charge in [0.25, 0.3) is 6.47 Å². The molecule has 0 heterocycles. The van der Waals surface area contributed by atoms with Crippen LogP contribution in [0.25, 0.3) is 0 Å². The molecule has 2 aliphatic rings. The van der Waals surface area contributed by atoms with E-state index in [1.54, 1.807) is 0 Å². The molecule has 2 saturated carbocycles. The monoisotopic (exact) mass is 568 g/mol. The number of amides is 1. The van der Waals surface area contributed by atoms with Crippen molar-refractivity contribution >= 4 is 12.4 Å². The molecular formula is C34H52N2O5. The number of aliphatic hydroxyl groups is 1. The second-order valence-electron chi connectivity index (χ2n) is 10.6. The molecule has 7 heteroatoms. The summed E-state index contributed by atoms with van der Waals surface area (Å²) in [7, 11) is 1.31. The molecule has 0 atom stereocenters. The zero-order valence-electron chi connectivity index (χ0n) is 24.8. The number of ether oxygens (including phenoxy) is 2. The van der Waals surface area contributed by atoms with E-state index in [0.717, 1.165) is 39.1 Å². The minimum atomic E-state index is -0.0825. The highest BCUT2D eigenvalue weighted by Crippen LogP contribution is 2.20. The molecule has 41 heavy (non-hydrogen) atoms. The molecule has 4 rings (SSSR count). The molecule has 2 aliphatic carbocycles. The van der Waals surface area contributed by atoms with Crippen molar-refractivity contribution < 1.29 is 25.6 Å². The van der Waals surface area contributed by atoms with Crippen LogP contribution in [0.3, 0.4) is 0 Å². The van der Waals surface area contributed by atoms with Gasteiger partial charge >= 0.3 is 0 Å². The van der Waals surface area contributed by atoms with Gasteiger partial charge in [-0.25, -0.2) is 0 Å². The Morgan fingerprint density at radius 1 is 0.902 bits per heavy atom. The Hall–Kier alpha value is -3.00. The van der Waals surface area contributed by atoms with Crippen LogP contribution >= 0.6 is 0 Å². The van der Waals surface area contributed by atoms with Crippen molar-refractivity contribution in [1.82, 2.24) is 10.2 Å². The van der Waals surface area contributed by atoms with Crippen molar-refractivity contribution in [2.45, 2.75) is 89.4 Å². The molecule has 2 fully saturated rings. The zero-order chi connectivity index (χ0) is 29.4. The second-order valence-corrected chi connectivity index (χ2v) is 10.6. The van der Waals surface area contributed by atoms with Crippen LogP contribution in [0.2, 0.25) is 0 Å². The first-order chi connectivity index (χ1) is 20.1. The number of nitrogens with one attached hydrogen (secondary N) is 1. The summed E-state index contributed by atoms with van der Waals surface area (Å²) in [6.07, 6.45) is 15.8. The Kier molecular flexibility index (Phi) is 18.9. The Morgan fingerprint density at radius 3 is 1.90 bits per heavy atom. The first kappa shape index (κ1) is 34.2. The van der Waals surface area contributed by atoms with Gasteiger partial charge in [-0.1, -0.05) is 105 Å². The fraction of sp³-hybridized carbons (Fsp3) is 0.529. The summed E-state index contributed by atoms with van der Waals surface area (Å²) >= 11 is 0. The van der Waals surface area contributed by atoms with Crippen LogP contribution in [-0.4, -0.2) is 61.4 Å². The molecule has 0 bridgehead atoms. The van der Waals surface area contributed by atoms with Gasteiger partial charge in [0.2, 0.25) is 5.91 Å². The van der Waals surface area contributed by atoms with Gasteiger partial charge in [0.15, 0.2) is 0 Å². The molecule has 1 amide bonds. The highest BCUT2D eigenvalue weighted by atomic mass is 16.5. The van der Waals surface area contributed by atoms with Crippen LogP contribution in [0.15, 0.2) is 72.8 Å². The highest BCUT2D eigenvalue weighted by Gasteiger charge is 2.15. The molecule has 2 N–H and O–H groups in total. The summed E-state index contributed by atoms with van der Waals surface area (Å²) in [5.41, 5.74) is 2.73. The first-order valence-electron chi connectivity index (χ1n) is 15.1. The van der Waals surface area contributed by atoms with Gasteiger partial charge in [-0.15, -0.1) is 0 Å². The maximum absolute atomic E-state index is 11.2. The number of carbonyl (C=O) groups excluding carboxylic acids is 2. The molecule has 7 nitrogen and oxygen atoms in total. The number of benzene rings is 2. The minimum absolute atomic E-state index is 0. The number of rotatable bonds is 12. The Morgan fingerprint density at radius 2 is 1.41 bits per heavy atom. The maximum atomic E-state index is 11.2. The predicted octanol–water partition coefficient (Wildman–Crippen LogP) is 6.06. The Bertz CT molecular complexity index is 907. The molecule has 0 aromatic heterocycles. The smallest absolute Gasteiger partial charge is 0.292 e. The number of nitrogens with zero attached hydrogens (tertiary/aromatic N) is 1. The van der Waals surface area contributed by atoms with Crippen molar-refractivity contribution in [3.05, 3.63) is 83.9 Å². The minimum Gasteiger partial charge on any atom is -0.471 e. The SMILES string of the molecule is COC=O.O=C(/C=C/CO)NC1CCCCC1.[HH].c1ccc(CN(CCOC2CCCCC2)Cc2ccccc2)cc1. The lowest BCUT2D eigenvalue weighted by atomic mass is 9.95. The molecular weight excluding hydrogens is 516 g/mol. The number of hydrogen-bond acceptors (Lipinski definition) is 6. The number of methoxy groups -OCH3 is 1. The van der Waals surface area contributed by atoms with E-state index in [9.17, 15) is 4.79 Å². The van der Waals surface area contributed by atoms with Gasteiger partial charge in [-0.3, -0.25) is 14.5 Å². The lowest BCUT2D eigenvalue weighted by Crippen LogP contribution is -2.35. The normalized spacial score (nSPS) is 15.8. The van der Waals surface area contributed by atoms with Crippen LogP contribution in [0.4, 0.5) is 0 Å². The van der Waals surface area contributed by atoms with Gasteiger partial charge in [0, 0.05) is 33.2 Å². The molecule has 2 aromatic carbocycles. The van der Waals surface area contributed by atoms with Crippen molar-refractivity contribution in [1.29, 1.82) is 0 Å². The molecule has 2 aromatic rings. The van der Waals surface area contributed by atoms with Gasteiger partial charge in [-0.2, -0.15) is 0 Å².